The molecule has 2 rings (SSSR count). The van der Waals surface area contributed by atoms with Crippen LogP contribution in [-0.4, -0.2) is 45.4 Å². The molecular formula is C20H35IN4O. The molecule has 1 aromatic rings. The molecule has 1 fully saturated rings. The lowest BCUT2D eigenvalue weighted by atomic mass is 10.2. The van der Waals surface area contributed by atoms with Gasteiger partial charge in [0.05, 0.1) is 19.8 Å². The van der Waals surface area contributed by atoms with Crippen molar-refractivity contribution in [3.63, 3.8) is 0 Å². The van der Waals surface area contributed by atoms with Gasteiger partial charge in [0.1, 0.15) is 0 Å². The zero-order chi connectivity index (χ0) is 17.7. The zero-order valence-corrected chi connectivity index (χ0v) is 18.6. The molecule has 1 aliphatic heterocycles. The minimum Gasteiger partial charge on any atom is -0.378 e. The summed E-state index contributed by atoms with van der Waals surface area (Å²) in [4.78, 5) is 7.08. The van der Waals surface area contributed by atoms with Gasteiger partial charge in [0.2, 0.25) is 0 Å². The van der Waals surface area contributed by atoms with Crippen LogP contribution in [0.3, 0.4) is 0 Å². The summed E-state index contributed by atoms with van der Waals surface area (Å²) in [6.45, 7) is 10.5. The number of hydrogen-bond donors (Lipinski definition) is 2. The standard InChI is InChI=1S/C20H34N4O.HI/c1-3-5-6-7-12-22-20(21-4-2)23-17-18-8-10-19(11-9-18)24-13-15-25-16-14-24;/h8-11H,3-7,12-17H2,1-2H3,(H2,21,22,23);1H. The molecule has 6 heteroatoms. The van der Waals surface area contributed by atoms with Gasteiger partial charge in [0.25, 0.3) is 0 Å². The Morgan fingerprint density at radius 1 is 1.04 bits per heavy atom. The number of unbranched alkanes of at least 4 members (excludes halogenated alkanes) is 3. The highest BCUT2D eigenvalue weighted by Gasteiger charge is 2.10. The first kappa shape index (κ1) is 23.0. The summed E-state index contributed by atoms with van der Waals surface area (Å²) in [7, 11) is 0. The second-order valence-corrected chi connectivity index (χ2v) is 6.45. The fourth-order valence-corrected chi connectivity index (χ4v) is 2.90. The molecule has 0 saturated carbocycles. The predicted octanol–water partition coefficient (Wildman–Crippen LogP) is 3.78. The second kappa shape index (κ2) is 14.1. The van der Waals surface area contributed by atoms with E-state index in [-0.39, 0.29) is 24.0 Å². The van der Waals surface area contributed by atoms with Gasteiger partial charge in [-0.25, -0.2) is 4.99 Å². The average Bonchev–Trinajstić information content (AvgIpc) is 2.67. The van der Waals surface area contributed by atoms with Crippen LogP contribution in [0.2, 0.25) is 0 Å². The van der Waals surface area contributed by atoms with Crippen LogP contribution in [0.1, 0.15) is 45.1 Å². The van der Waals surface area contributed by atoms with Crippen molar-refractivity contribution in [1.82, 2.24) is 10.6 Å². The first-order valence-corrected chi connectivity index (χ1v) is 9.77. The summed E-state index contributed by atoms with van der Waals surface area (Å²) in [6, 6.07) is 8.75. The van der Waals surface area contributed by atoms with E-state index in [1.54, 1.807) is 0 Å². The molecule has 1 aromatic carbocycles. The minimum atomic E-state index is 0. The lowest BCUT2D eigenvalue weighted by Gasteiger charge is -2.28. The normalized spacial score (nSPS) is 14.7. The van der Waals surface area contributed by atoms with Gasteiger partial charge < -0.3 is 20.3 Å². The first-order valence-electron chi connectivity index (χ1n) is 9.77. The SMILES string of the molecule is CCCCCCNC(=NCc1ccc(N2CCOCC2)cc1)NCC.I. The number of ether oxygens (including phenoxy) is 1. The van der Waals surface area contributed by atoms with Gasteiger partial charge in [-0.3, -0.25) is 0 Å². The molecule has 1 saturated heterocycles. The quantitative estimate of drug-likeness (QED) is 0.248. The van der Waals surface area contributed by atoms with Crippen LogP contribution < -0.4 is 15.5 Å². The van der Waals surface area contributed by atoms with Crippen LogP contribution in [0.25, 0.3) is 0 Å². The lowest BCUT2D eigenvalue weighted by Crippen LogP contribution is -2.37. The number of halogens is 1. The third kappa shape index (κ3) is 8.58. The number of hydrogen-bond acceptors (Lipinski definition) is 3. The molecular weight excluding hydrogens is 439 g/mol. The highest BCUT2D eigenvalue weighted by Crippen LogP contribution is 2.17. The number of benzene rings is 1. The number of anilines is 1. The van der Waals surface area contributed by atoms with E-state index >= 15 is 0 Å². The average molecular weight is 474 g/mol. The lowest BCUT2D eigenvalue weighted by molar-refractivity contribution is 0.122. The molecule has 0 atom stereocenters. The Hall–Kier alpha value is -1.02. The third-order valence-corrected chi connectivity index (χ3v) is 4.40. The van der Waals surface area contributed by atoms with Crippen molar-refractivity contribution in [1.29, 1.82) is 0 Å². The van der Waals surface area contributed by atoms with Gasteiger partial charge in [0, 0.05) is 31.9 Å². The zero-order valence-electron chi connectivity index (χ0n) is 16.3. The van der Waals surface area contributed by atoms with E-state index in [0.29, 0.717) is 6.54 Å². The molecule has 0 spiro atoms. The fraction of sp³-hybridized carbons (Fsp3) is 0.650. The number of guanidine groups is 1. The van der Waals surface area contributed by atoms with Crippen molar-refractivity contribution in [2.24, 2.45) is 4.99 Å². The minimum absolute atomic E-state index is 0. The molecule has 26 heavy (non-hydrogen) atoms. The Bertz CT molecular complexity index is 501. The van der Waals surface area contributed by atoms with E-state index in [2.05, 4.69) is 53.6 Å². The molecule has 1 aliphatic rings. The Kier molecular flexibility index (Phi) is 12.5. The van der Waals surface area contributed by atoms with Gasteiger partial charge >= 0.3 is 0 Å². The highest BCUT2D eigenvalue weighted by atomic mass is 127. The van der Waals surface area contributed by atoms with E-state index in [1.165, 1.54) is 36.9 Å². The maximum Gasteiger partial charge on any atom is 0.191 e. The Balaban J connectivity index is 0.00000338. The van der Waals surface area contributed by atoms with Crippen molar-refractivity contribution in [2.45, 2.75) is 46.1 Å². The summed E-state index contributed by atoms with van der Waals surface area (Å²) < 4.78 is 5.41. The molecule has 0 aromatic heterocycles. The second-order valence-electron chi connectivity index (χ2n) is 6.45. The van der Waals surface area contributed by atoms with Gasteiger partial charge in [-0.15, -0.1) is 24.0 Å². The number of rotatable bonds is 9. The molecule has 0 aliphatic carbocycles. The molecule has 5 nitrogen and oxygen atoms in total. The molecule has 1 heterocycles. The van der Waals surface area contributed by atoms with Crippen molar-refractivity contribution in [3.05, 3.63) is 29.8 Å². The van der Waals surface area contributed by atoms with E-state index in [0.717, 1.165) is 45.4 Å². The smallest absolute Gasteiger partial charge is 0.191 e. The van der Waals surface area contributed by atoms with Crippen molar-refractivity contribution < 1.29 is 4.74 Å². The molecule has 0 bridgehead atoms. The van der Waals surface area contributed by atoms with Crippen molar-refractivity contribution in [2.75, 3.05) is 44.3 Å². The van der Waals surface area contributed by atoms with E-state index in [9.17, 15) is 0 Å². The van der Waals surface area contributed by atoms with Gasteiger partial charge in [0.15, 0.2) is 5.96 Å². The van der Waals surface area contributed by atoms with Crippen LogP contribution >= 0.6 is 24.0 Å². The topological polar surface area (TPSA) is 48.9 Å². The maximum atomic E-state index is 5.41. The summed E-state index contributed by atoms with van der Waals surface area (Å²) in [5.74, 6) is 0.913. The number of nitrogens with zero attached hydrogens (tertiary/aromatic N) is 2. The number of nitrogens with one attached hydrogen (secondary N) is 2. The molecule has 2 N–H and O–H groups in total. The summed E-state index contributed by atoms with van der Waals surface area (Å²) >= 11 is 0. The van der Waals surface area contributed by atoms with Crippen molar-refractivity contribution >= 4 is 35.6 Å². The molecule has 0 amide bonds. The van der Waals surface area contributed by atoms with Crippen molar-refractivity contribution in [3.8, 4) is 0 Å². The number of morpholine rings is 1. The predicted molar refractivity (Wildman–Crippen MR) is 122 cm³/mol. The van der Waals surface area contributed by atoms with E-state index in [4.69, 9.17) is 9.73 Å². The number of aliphatic imine (C=N–C) groups is 1. The maximum absolute atomic E-state index is 5.41. The highest BCUT2D eigenvalue weighted by molar-refractivity contribution is 14.0. The first-order chi connectivity index (χ1) is 12.3. The fourth-order valence-electron chi connectivity index (χ4n) is 2.90. The Morgan fingerprint density at radius 3 is 2.42 bits per heavy atom. The van der Waals surface area contributed by atoms with Gasteiger partial charge in [-0.05, 0) is 31.0 Å². The van der Waals surface area contributed by atoms with Crippen LogP contribution in [0.4, 0.5) is 5.69 Å². The van der Waals surface area contributed by atoms with E-state index < -0.39 is 0 Å². The Labute approximate surface area is 176 Å². The van der Waals surface area contributed by atoms with Gasteiger partial charge in [-0.1, -0.05) is 38.3 Å². The van der Waals surface area contributed by atoms with Crippen LogP contribution in [-0.2, 0) is 11.3 Å². The summed E-state index contributed by atoms with van der Waals surface area (Å²) in [5.41, 5.74) is 2.51. The molecule has 0 radical (unpaired) electrons. The molecule has 0 unspecified atom stereocenters. The third-order valence-electron chi connectivity index (χ3n) is 4.40. The monoisotopic (exact) mass is 474 g/mol. The van der Waals surface area contributed by atoms with Crippen LogP contribution in [0.15, 0.2) is 29.3 Å². The van der Waals surface area contributed by atoms with E-state index in [1.807, 2.05) is 0 Å². The summed E-state index contributed by atoms with van der Waals surface area (Å²) in [5, 5.41) is 6.75. The molecule has 148 valence electrons. The Morgan fingerprint density at radius 2 is 1.77 bits per heavy atom. The van der Waals surface area contributed by atoms with Gasteiger partial charge in [-0.2, -0.15) is 0 Å². The summed E-state index contributed by atoms with van der Waals surface area (Å²) in [6.07, 6.45) is 5.07. The van der Waals surface area contributed by atoms with Crippen LogP contribution in [0.5, 0.6) is 0 Å². The largest absolute Gasteiger partial charge is 0.378 e. The van der Waals surface area contributed by atoms with Crippen LogP contribution in [0, 0.1) is 0 Å².